The van der Waals surface area contributed by atoms with Gasteiger partial charge >= 0.3 is 0 Å². The molecule has 0 N–H and O–H groups in total. The summed E-state index contributed by atoms with van der Waals surface area (Å²) in [5.74, 6) is 1.69. The maximum atomic E-state index is 9.09. The molecule has 0 saturated carbocycles. The number of hydrogen-bond donors (Lipinski definition) is 0. The Hall–Kier alpha value is -2.51. The number of anilines is 1. The fourth-order valence-electron chi connectivity index (χ4n) is 3.52. The molecule has 1 fully saturated rings. The summed E-state index contributed by atoms with van der Waals surface area (Å²) in [5, 5.41) is 18.2. The van der Waals surface area contributed by atoms with E-state index in [1.807, 2.05) is 30.2 Å². The van der Waals surface area contributed by atoms with Crippen LogP contribution in [0.2, 0.25) is 0 Å². The monoisotopic (exact) mass is 354 g/mol. The quantitative estimate of drug-likeness (QED) is 0.745. The van der Waals surface area contributed by atoms with Crippen LogP contribution >= 0.6 is 0 Å². The van der Waals surface area contributed by atoms with E-state index in [0.29, 0.717) is 12.4 Å². The normalized spacial score (nSPS) is 17.8. The van der Waals surface area contributed by atoms with Crippen molar-refractivity contribution in [3.63, 3.8) is 0 Å². The lowest BCUT2D eigenvalue weighted by Gasteiger charge is -2.25. The minimum absolute atomic E-state index is 0.605. The van der Waals surface area contributed by atoms with Gasteiger partial charge in [0.05, 0.1) is 25.2 Å². The summed E-state index contributed by atoms with van der Waals surface area (Å²) in [6, 6.07) is 8.11. The third-order valence-electron chi connectivity index (χ3n) is 5.04. The predicted octanol–water partition coefficient (Wildman–Crippen LogP) is 2.08. The average molecular weight is 354 g/mol. The predicted molar refractivity (Wildman–Crippen MR) is 99.7 cm³/mol. The molecule has 2 aliphatic heterocycles. The van der Waals surface area contributed by atoms with Gasteiger partial charge in [0.1, 0.15) is 11.6 Å². The summed E-state index contributed by atoms with van der Waals surface area (Å²) in [6.07, 6.45) is 3.89. The van der Waals surface area contributed by atoms with E-state index in [1.54, 1.807) is 0 Å². The van der Waals surface area contributed by atoms with Crippen LogP contribution in [0, 0.1) is 28.6 Å². The molecule has 1 saturated heterocycles. The lowest BCUT2D eigenvalue weighted by Crippen LogP contribution is -2.38. The van der Waals surface area contributed by atoms with Crippen molar-refractivity contribution in [1.29, 1.82) is 10.5 Å². The van der Waals surface area contributed by atoms with Crippen LogP contribution in [-0.4, -0.2) is 62.0 Å². The minimum atomic E-state index is -0.775. The van der Waals surface area contributed by atoms with E-state index in [9.17, 15) is 0 Å². The van der Waals surface area contributed by atoms with Crippen molar-refractivity contribution in [3.05, 3.63) is 17.9 Å². The molecule has 1 aromatic rings. The summed E-state index contributed by atoms with van der Waals surface area (Å²) in [7, 11) is 2.00. The maximum Gasteiger partial charge on any atom is 0.195 e. The van der Waals surface area contributed by atoms with Crippen molar-refractivity contribution in [2.24, 2.45) is 10.9 Å². The van der Waals surface area contributed by atoms with Gasteiger partial charge in [0.25, 0.3) is 0 Å². The lowest BCUT2D eigenvalue weighted by atomic mass is 10.1. The van der Waals surface area contributed by atoms with E-state index in [0.717, 1.165) is 50.9 Å². The average Bonchev–Trinajstić information content (AvgIpc) is 3.32. The topological polar surface area (TPSA) is 82.8 Å². The Bertz CT molecular complexity index is 692. The molecule has 0 radical (unpaired) electrons. The number of piperidine rings is 1. The number of hydrogen-bond acceptors (Lipinski definition) is 7. The molecule has 26 heavy (non-hydrogen) atoms. The van der Waals surface area contributed by atoms with Gasteiger partial charge in [0.2, 0.25) is 0 Å². The van der Waals surface area contributed by atoms with Crippen LogP contribution in [0.25, 0.3) is 0 Å². The van der Waals surface area contributed by atoms with Gasteiger partial charge in [-0.3, -0.25) is 9.89 Å². The first kappa shape index (κ1) is 18.3. The molecule has 0 aliphatic carbocycles. The van der Waals surface area contributed by atoms with Gasteiger partial charge in [-0.15, -0.1) is 0 Å². The van der Waals surface area contributed by atoms with Gasteiger partial charge in [-0.25, -0.2) is 0 Å². The number of likely N-dealkylation sites (N-methyl/N-ethyl adjacent to an activating group) is 1. The van der Waals surface area contributed by atoms with Crippen LogP contribution in [-0.2, 0) is 6.54 Å². The summed E-state index contributed by atoms with van der Waals surface area (Å²) >= 11 is 0. The molecule has 0 spiro atoms. The Labute approximate surface area is 155 Å². The number of nitriles is 2. The SMILES string of the molecule is CN(CCN1CCN=C1C(C#N)C#N)c1ccc(CN2CCCCC2)o1. The van der Waals surface area contributed by atoms with Gasteiger partial charge in [0.15, 0.2) is 11.8 Å². The number of aliphatic imine (C=N–C) groups is 1. The molecule has 3 heterocycles. The first-order valence-electron chi connectivity index (χ1n) is 9.32. The lowest BCUT2D eigenvalue weighted by molar-refractivity contribution is 0.205. The second-order valence-electron chi connectivity index (χ2n) is 6.92. The Kier molecular flexibility index (Phi) is 6.14. The molecule has 0 unspecified atom stereocenters. The third-order valence-corrected chi connectivity index (χ3v) is 5.04. The Morgan fingerprint density at radius 3 is 2.69 bits per heavy atom. The van der Waals surface area contributed by atoms with E-state index in [4.69, 9.17) is 14.9 Å². The highest BCUT2D eigenvalue weighted by Crippen LogP contribution is 2.20. The van der Waals surface area contributed by atoms with Crippen molar-refractivity contribution in [2.75, 3.05) is 51.2 Å². The Morgan fingerprint density at radius 1 is 1.19 bits per heavy atom. The fourth-order valence-corrected chi connectivity index (χ4v) is 3.52. The summed E-state index contributed by atoms with van der Waals surface area (Å²) < 4.78 is 6.01. The van der Waals surface area contributed by atoms with Crippen LogP contribution in [0.1, 0.15) is 25.0 Å². The van der Waals surface area contributed by atoms with Crippen LogP contribution < -0.4 is 4.90 Å². The minimum Gasteiger partial charge on any atom is -0.444 e. The molecule has 0 atom stereocenters. The standard InChI is InChI=1S/C19H26N6O/c1-23(11-12-25-10-7-22-19(25)16(13-20)14-21)18-6-5-17(26-18)15-24-8-3-2-4-9-24/h5-6,16H,2-4,7-12,15H2,1H3. The molecule has 0 aromatic carbocycles. The van der Waals surface area contributed by atoms with Crippen molar-refractivity contribution in [3.8, 4) is 12.1 Å². The van der Waals surface area contributed by atoms with Gasteiger partial charge in [-0.05, 0) is 32.0 Å². The zero-order valence-electron chi connectivity index (χ0n) is 15.4. The molecule has 7 heteroatoms. The highest BCUT2D eigenvalue weighted by Gasteiger charge is 2.25. The number of amidine groups is 1. The van der Waals surface area contributed by atoms with Crippen LogP contribution in [0.3, 0.4) is 0 Å². The van der Waals surface area contributed by atoms with Gasteiger partial charge in [0, 0.05) is 32.7 Å². The number of likely N-dealkylation sites (tertiary alicyclic amines) is 1. The van der Waals surface area contributed by atoms with Crippen molar-refractivity contribution >= 4 is 11.7 Å². The van der Waals surface area contributed by atoms with Crippen LogP contribution in [0.5, 0.6) is 0 Å². The van der Waals surface area contributed by atoms with Crippen molar-refractivity contribution in [1.82, 2.24) is 9.80 Å². The van der Waals surface area contributed by atoms with E-state index in [-0.39, 0.29) is 0 Å². The number of nitrogens with zero attached hydrogens (tertiary/aromatic N) is 6. The Morgan fingerprint density at radius 2 is 1.96 bits per heavy atom. The molecule has 7 nitrogen and oxygen atoms in total. The smallest absolute Gasteiger partial charge is 0.195 e. The molecule has 2 aliphatic rings. The molecule has 0 bridgehead atoms. The van der Waals surface area contributed by atoms with E-state index in [2.05, 4.69) is 20.9 Å². The molecule has 138 valence electrons. The van der Waals surface area contributed by atoms with E-state index in [1.165, 1.54) is 19.3 Å². The first-order chi connectivity index (χ1) is 12.7. The maximum absolute atomic E-state index is 9.09. The summed E-state index contributed by atoms with van der Waals surface area (Å²) in [6.45, 7) is 6.07. The van der Waals surface area contributed by atoms with E-state index >= 15 is 0 Å². The van der Waals surface area contributed by atoms with E-state index < -0.39 is 5.92 Å². The first-order valence-corrected chi connectivity index (χ1v) is 9.32. The second kappa shape index (κ2) is 8.73. The van der Waals surface area contributed by atoms with Gasteiger partial charge in [-0.2, -0.15) is 10.5 Å². The molecule has 0 amide bonds. The number of furan rings is 1. The summed E-state index contributed by atoms with van der Waals surface area (Å²) in [4.78, 5) is 10.9. The highest BCUT2D eigenvalue weighted by atomic mass is 16.4. The highest BCUT2D eigenvalue weighted by molar-refractivity contribution is 5.90. The second-order valence-corrected chi connectivity index (χ2v) is 6.92. The molecule has 3 rings (SSSR count). The fraction of sp³-hybridized carbons (Fsp3) is 0.632. The van der Waals surface area contributed by atoms with Crippen LogP contribution in [0.4, 0.5) is 5.88 Å². The molecule has 1 aromatic heterocycles. The third kappa shape index (κ3) is 4.36. The molecular formula is C19H26N6O. The van der Waals surface area contributed by atoms with Gasteiger partial charge in [-0.1, -0.05) is 6.42 Å². The van der Waals surface area contributed by atoms with Crippen molar-refractivity contribution in [2.45, 2.75) is 25.8 Å². The van der Waals surface area contributed by atoms with Crippen LogP contribution in [0.15, 0.2) is 21.5 Å². The zero-order valence-corrected chi connectivity index (χ0v) is 15.4. The van der Waals surface area contributed by atoms with Crippen molar-refractivity contribution < 1.29 is 4.42 Å². The Balaban J connectivity index is 1.51. The largest absolute Gasteiger partial charge is 0.444 e. The van der Waals surface area contributed by atoms with Gasteiger partial charge < -0.3 is 14.2 Å². The number of rotatable bonds is 7. The zero-order chi connectivity index (χ0) is 18.4. The molecular weight excluding hydrogens is 328 g/mol. The summed E-state index contributed by atoms with van der Waals surface area (Å²) in [5.41, 5.74) is 0.